The Bertz CT molecular complexity index is 699. The van der Waals surface area contributed by atoms with Crippen molar-refractivity contribution in [3.63, 3.8) is 0 Å². The van der Waals surface area contributed by atoms with E-state index >= 15 is 0 Å². The van der Waals surface area contributed by atoms with Crippen LogP contribution in [-0.2, 0) is 0 Å². The van der Waals surface area contributed by atoms with Gasteiger partial charge in [0.1, 0.15) is 22.8 Å². The van der Waals surface area contributed by atoms with E-state index in [0.29, 0.717) is 12.4 Å². The zero-order valence-electron chi connectivity index (χ0n) is 16.3. The molecule has 0 heterocycles. The molecule has 2 aromatic rings. The number of aromatic carboxylic acids is 1. The first-order chi connectivity index (χ1) is 13.7. The number of carbonyl (C=O) groups is 1. The number of unbranched alkanes of at least 4 members (excludes halogenated alkanes) is 7. The Hall–Kier alpha value is -2.69. The molecule has 2 N–H and O–H groups in total. The average molecular weight is 386 g/mol. The Kier molecular flexibility index (Phi) is 9.76. The monoisotopic (exact) mass is 386 g/mol. The largest absolute Gasteiger partial charge is 0.507 e. The molecular weight excluding hydrogens is 356 g/mol. The van der Waals surface area contributed by atoms with Crippen LogP contribution in [0.15, 0.2) is 48.5 Å². The number of hydrogen-bond acceptors (Lipinski definition) is 4. The maximum absolute atomic E-state index is 10.8. The van der Waals surface area contributed by atoms with Crippen molar-refractivity contribution in [3.8, 4) is 17.2 Å². The first-order valence-electron chi connectivity index (χ1n) is 10.0. The van der Waals surface area contributed by atoms with Gasteiger partial charge in [-0.25, -0.2) is 4.79 Å². The summed E-state index contributed by atoms with van der Waals surface area (Å²) in [5.74, 6) is 0.0323. The highest BCUT2D eigenvalue weighted by Gasteiger charge is 2.09. The summed E-state index contributed by atoms with van der Waals surface area (Å²) in [5.41, 5.74) is -0.112. The second kappa shape index (κ2) is 12.7. The summed E-state index contributed by atoms with van der Waals surface area (Å²) >= 11 is 0. The Morgan fingerprint density at radius 3 is 1.79 bits per heavy atom. The molecule has 0 aliphatic heterocycles. The van der Waals surface area contributed by atoms with Crippen molar-refractivity contribution in [3.05, 3.63) is 54.1 Å². The minimum Gasteiger partial charge on any atom is -0.507 e. The highest BCUT2D eigenvalue weighted by molar-refractivity contribution is 5.90. The summed E-state index contributed by atoms with van der Waals surface area (Å²) in [5, 5.41) is 18.5. The fourth-order valence-corrected chi connectivity index (χ4v) is 2.94. The Balaban J connectivity index is 1.41. The van der Waals surface area contributed by atoms with E-state index in [4.69, 9.17) is 14.6 Å². The predicted molar refractivity (Wildman–Crippen MR) is 109 cm³/mol. The minimum atomic E-state index is -1.15. The van der Waals surface area contributed by atoms with Crippen LogP contribution in [0.3, 0.4) is 0 Å². The normalized spacial score (nSPS) is 10.6. The van der Waals surface area contributed by atoms with E-state index in [9.17, 15) is 9.90 Å². The third-order valence-corrected chi connectivity index (χ3v) is 4.52. The van der Waals surface area contributed by atoms with Crippen molar-refractivity contribution >= 4 is 5.97 Å². The van der Waals surface area contributed by atoms with Crippen LogP contribution < -0.4 is 9.47 Å². The number of phenols is 1. The van der Waals surface area contributed by atoms with Gasteiger partial charge in [0, 0.05) is 6.07 Å². The summed E-state index contributed by atoms with van der Waals surface area (Å²) in [4.78, 5) is 10.8. The molecule has 2 aromatic carbocycles. The fourth-order valence-electron chi connectivity index (χ4n) is 2.94. The Labute approximate surface area is 166 Å². The SMILES string of the molecule is O=C(O)c1ccc(OCCCCCCCCCCOc2ccccc2)cc1O. The van der Waals surface area contributed by atoms with E-state index in [2.05, 4.69) is 0 Å². The fraction of sp³-hybridized carbons (Fsp3) is 0.435. The Morgan fingerprint density at radius 2 is 1.25 bits per heavy atom. The van der Waals surface area contributed by atoms with Crippen LogP contribution in [0.5, 0.6) is 17.2 Å². The van der Waals surface area contributed by atoms with Gasteiger partial charge in [0.25, 0.3) is 0 Å². The smallest absolute Gasteiger partial charge is 0.339 e. The molecule has 28 heavy (non-hydrogen) atoms. The molecule has 5 nitrogen and oxygen atoms in total. The summed E-state index contributed by atoms with van der Waals surface area (Å²) in [6.07, 6.45) is 9.26. The molecule has 0 bridgehead atoms. The molecule has 2 rings (SSSR count). The molecule has 0 unspecified atom stereocenters. The van der Waals surface area contributed by atoms with Crippen LogP contribution in [0.25, 0.3) is 0 Å². The maximum atomic E-state index is 10.8. The maximum Gasteiger partial charge on any atom is 0.339 e. The molecule has 0 saturated carbocycles. The molecule has 0 atom stereocenters. The lowest BCUT2D eigenvalue weighted by Gasteiger charge is -2.08. The molecule has 0 amide bonds. The van der Waals surface area contributed by atoms with Gasteiger partial charge in [0.15, 0.2) is 0 Å². The number of carboxylic acids is 1. The quantitative estimate of drug-likeness (QED) is 0.409. The number of para-hydroxylation sites is 1. The minimum absolute atomic E-state index is 0.112. The summed E-state index contributed by atoms with van der Waals surface area (Å²) < 4.78 is 11.2. The molecule has 0 saturated heterocycles. The van der Waals surface area contributed by atoms with E-state index in [1.165, 1.54) is 44.2 Å². The lowest BCUT2D eigenvalue weighted by atomic mass is 10.1. The molecule has 0 aromatic heterocycles. The summed E-state index contributed by atoms with van der Waals surface area (Å²) in [6, 6.07) is 14.2. The van der Waals surface area contributed by atoms with Crippen molar-refractivity contribution in [1.82, 2.24) is 0 Å². The molecular formula is C23H30O5. The highest BCUT2D eigenvalue weighted by atomic mass is 16.5. The van der Waals surface area contributed by atoms with Gasteiger partial charge in [-0.1, -0.05) is 56.7 Å². The van der Waals surface area contributed by atoms with Crippen molar-refractivity contribution < 1.29 is 24.5 Å². The molecule has 0 radical (unpaired) electrons. The van der Waals surface area contributed by atoms with Gasteiger partial charge in [-0.05, 0) is 37.1 Å². The van der Waals surface area contributed by atoms with Crippen LogP contribution in [-0.4, -0.2) is 29.4 Å². The van der Waals surface area contributed by atoms with Gasteiger partial charge in [-0.3, -0.25) is 0 Å². The van der Waals surface area contributed by atoms with Crippen LogP contribution in [0.1, 0.15) is 61.7 Å². The number of benzene rings is 2. The van der Waals surface area contributed by atoms with Gasteiger partial charge in [-0.15, -0.1) is 0 Å². The topological polar surface area (TPSA) is 76.0 Å². The van der Waals surface area contributed by atoms with Gasteiger partial charge in [-0.2, -0.15) is 0 Å². The molecule has 5 heteroatoms. The van der Waals surface area contributed by atoms with Gasteiger partial charge >= 0.3 is 5.97 Å². The molecule has 0 aliphatic carbocycles. The van der Waals surface area contributed by atoms with Gasteiger partial charge in [0.05, 0.1) is 13.2 Å². The van der Waals surface area contributed by atoms with Crippen LogP contribution in [0.2, 0.25) is 0 Å². The van der Waals surface area contributed by atoms with Crippen molar-refractivity contribution in [2.75, 3.05) is 13.2 Å². The molecule has 0 spiro atoms. The number of hydrogen-bond donors (Lipinski definition) is 2. The summed E-state index contributed by atoms with van der Waals surface area (Å²) in [6.45, 7) is 1.35. The first-order valence-corrected chi connectivity index (χ1v) is 10.0. The van der Waals surface area contributed by atoms with E-state index in [0.717, 1.165) is 31.6 Å². The average Bonchev–Trinajstić information content (AvgIpc) is 2.69. The second-order valence-electron chi connectivity index (χ2n) is 6.82. The predicted octanol–water partition coefficient (Wildman–Crippen LogP) is 5.67. The number of carboxylic acid groups (broad SMARTS) is 1. The lowest BCUT2D eigenvalue weighted by Crippen LogP contribution is -2.00. The van der Waals surface area contributed by atoms with E-state index in [1.54, 1.807) is 6.07 Å². The zero-order valence-corrected chi connectivity index (χ0v) is 16.3. The zero-order chi connectivity index (χ0) is 20.0. The van der Waals surface area contributed by atoms with Crippen molar-refractivity contribution in [2.45, 2.75) is 51.4 Å². The lowest BCUT2D eigenvalue weighted by molar-refractivity contribution is 0.0693. The third kappa shape index (κ3) is 8.33. The van der Waals surface area contributed by atoms with Gasteiger partial charge in [0.2, 0.25) is 0 Å². The molecule has 152 valence electrons. The van der Waals surface area contributed by atoms with Crippen LogP contribution in [0.4, 0.5) is 0 Å². The van der Waals surface area contributed by atoms with Gasteiger partial charge < -0.3 is 19.7 Å². The Morgan fingerprint density at radius 1 is 0.714 bits per heavy atom. The molecule has 0 aliphatic rings. The third-order valence-electron chi connectivity index (χ3n) is 4.52. The highest BCUT2D eigenvalue weighted by Crippen LogP contribution is 2.23. The van der Waals surface area contributed by atoms with Crippen molar-refractivity contribution in [2.24, 2.45) is 0 Å². The standard InChI is InChI=1S/C23H30O5/c24-22-18-20(14-15-21(22)23(25)26)28-17-11-6-4-2-1-3-5-10-16-27-19-12-8-7-9-13-19/h7-9,12-15,18,24H,1-6,10-11,16-17H2,(H,25,26). The molecule has 0 fully saturated rings. The first kappa shape index (κ1) is 21.6. The van der Waals surface area contributed by atoms with Crippen LogP contribution in [0, 0.1) is 0 Å². The van der Waals surface area contributed by atoms with Crippen molar-refractivity contribution in [1.29, 1.82) is 0 Å². The number of rotatable bonds is 14. The number of aromatic hydroxyl groups is 1. The van der Waals surface area contributed by atoms with E-state index in [-0.39, 0.29) is 11.3 Å². The van der Waals surface area contributed by atoms with E-state index in [1.807, 2.05) is 30.3 Å². The number of ether oxygens (including phenoxy) is 2. The van der Waals surface area contributed by atoms with E-state index < -0.39 is 5.97 Å². The second-order valence-corrected chi connectivity index (χ2v) is 6.82. The summed E-state index contributed by atoms with van der Waals surface area (Å²) in [7, 11) is 0. The van der Waals surface area contributed by atoms with Crippen LogP contribution >= 0.6 is 0 Å².